The second kappa shape index (κ2) is 8.35. The molecule has 142 valence electrons. The summed E-state index contributed by atoms with van der Waals surface area (Å²) in [6, 6.07) is 18.4. The molecule has 0 atom stereocenters. The Balaban J connectivity index is 1.79. The number of hydrogen-bond donors (Lipinski definition) is 1. The Morgan fingerprint density at radius 2 is 1.63 bits per heavy atom. The highest BCUT2D eigenvalue weighted by Gasteiger charge is 2.46. The van der Waals surface area contributed by atoms with Gasteiger partial charge in [-0.25, -0.2) is 0 Å². The molecule has 5 heteroatoms. The first-order chi connectivity index (χ1) is 13.0. The van der Waals surface area contributed by atoms with E-state index in [1.165, 1.54) is 18.2 Å². The fourth-order valence-corrected chi connectivity index (χ4v) is 3.75. The largest absolute Gasteiger partial charge is 0.469 e. The normalized spacial score (nSPS) is 14.6. The molecule has 0 saturated carbocycles. The summed E-state index contributed by atoms with van der Waals surface area (Å²) in [5.74, 6) is -0.363. The minimum Gasteiger partial charge on any atom is -0.469 e. The van der Waals surface area contributed by atoms with E-state index in [0.29, 0.717) is 19.4 Å². The summed E-state index contributed by atoms with van der Waals surface area (Å²) in [5, 5.41) is 2.95. The Morgan fingerprint density at radius 1 is 1.04 bits per heavy atom. The zero-order valence-electron chi connectivity index (χ0n) is 15.9. The summed E-state index contributed by atoms with van der Waals surface area (Å²) >= 11 is 0. The maximum absolute atomic E-state index is 13.2. The van der Waals surface area contributed by atoms with Crippen LogP contribution >= 0.6 is 0 Å². The van der Waals surface area contributed by atoms with Gasteiger partial charge in [-0.2, -0.15) is 0 Å². The van der Waals surface area contributed by atoms with Gasteiger partial charge in [0.25, 0.3) is 0 Å². The van der Waals surface area contributed by atoms with Crippen molar-refractivity contribution in [3.05, 3.63) is 71.3 Å². The number of hydrogen-bond acceptors (Lipinski definition) is 4. The molecular weight excluding hydrogens is 340 g/mol. The summed E-state index contributed by atoms with van der Waals surface area (Å²) in [4.78, 5) is 26.7. The van der Waals surface area contributed by atoms with E-state index >= 15 is 0 Å². The Bertz CT molecular complexity index is 779. The van der Waals surface area contributed by atoms with Crippen LogP contribution in [-0.2, 0) is 33.7 Å². The highest BCUT2D eigenvalue weighted by Crippen LogP contribution is 2.35. The third-order valence-electron chi connectivity index (χ3n) is 5.34. The van der Waals surface area contributed by atoms with Gasteiger partial charge in [-0.15, -0.1) is 0 Å². The number of amides is 1. The second-order valence-corrected chi connectivity index (χ2v) is 7.08. The molecule has 0 radical (unpaired) electrons. The van der Waals surface area contributed by atoms with Crippen LogP contribution in [0, 0.1) is 0 Å². The van der Waals surface area contributed by atoms with Crippen molar-refractivity contribution in [3.8, 4) is 0 Å². The lowest BCUT2D eigenvalue weighted by Gasteiger charge is -2.37. The first kappa shape index (κ1) is 19.1. The molecule has 1 N–H and O–H groups in total. The van der Waals surface area contributed by atoms with E-state index in [-0.39, 0.29) is 24.8 Å². The van der Waals surface area contributed by atoms with Crippen molar-refractivity contribution >= 4 is 11.9 Å². The zero-order chi connectivity index (χ0) is 19.3. The molecule has 0 aromatic heterocycles. The highest BCUT2D eigenvalue weighted by molar-refractivity contribution is 5.88. The van der Waals surface area contributed by atoms with E-state index in [2.05, 4.69) is 39.2 Å². The van der Waals surface area contributed by atoms with E-state index in [4.69, 9.17) is 0 Å². The smallest absolute Gasteiger partial charge is 0.307 e. The standard InChI is InChI=1S/C22H26N2O3/c1-24(16-17-8-4-3-5-9-17)22(21(26)23-13-12-20(25)27-2)14-18-10-6-7-11-19(18)15-22/h3-11H,12-16H2,1-2H3,(H,23,26). The average Bonchev–Trinajstić information content (AvgIpc) is 3.09. The van der Waals surface area contributed by atoms with Gasteiger partial charge < -0.3 is 10.1 Å². The van der Waals surface area contributed by atoms with E-state index in [9.17, 15) is 9.59 Å². The van der Waals surface area contributed by atoms with Gasteiger partial charge in [0, 0.05) is 25.9 Å². The number of ether oxygens (including phenoxy) is 1. The topological polar surface area (TPSA) is 58.6 Å². The van der Waals surface area contributed by atoms with Crippen molar-refractivity contribution in [1.29, 1.82) is 0 Å². The molecule has 3 rings (SSSR count). The van der Waals surface area contributed by atoms with Crippen LogP contribution < -0.4 is 5.32 Å². The number of benzene rings is 2. The number of rotatable bonds is 7. The van der Waals surface area contributed by atoms with Crippen molar-refractivity contribution in [2.75, 3.05) is 20.7 Å². The lowest BCUT2D eigenvalue weighted by molar-refractivity contribution is -0.140. The number of nitrogens with one attached hydrogen (secondary N) is 1. The number of fused-ring (bicyclic) bond motifs is 1. The fraction of sp³-hybridized carbons (Fsp3) is 0.364. The molecule has 2 aromatic carbocycles. The molecule has 0 unspecified atom stereocenters. The maximum Gasteiger partial charge on any atom is 0.307 e. The zero-order valence-corrected chi connectivity index (χ0v) is 15.9. The SMILES string of the molecule is COC(=O)CCNC(=O)C1(N(C)Cc2ccccc2)Cc2ccccc2C1. The molecule has 27 heavy (non-hydrogen) atoms. The van der Waals surface area contributed by atoms with Crippen LogP contribution in [0.3, 0.4) is 0 Å². The Kier molecular flexibility index (Phi) is 5.91. The van der Waals surface area contributed by atoms with Crippen molar-refractivity contribution in [2.24, 2.45) is 0 Å². The van der Waals surface area contributed by atoms with Crippen LogP contribution in [0.1, 0.15) is 23.1 Å². The third kappa shape index (κ3) is 4.19. The lowest BCUT2D eigenvalue weighted by Crippen LogP contribution is -2.58. The van der Waals surface area contributed by atoms with Crippen LogP contribution in [0.15, 0.2) is 54.6 Å². The molecule has 0 spiro atoms. The monoisotopic (exact) mass is 366 g/mol. The van der Waals surface area contributed by atoms with Gasteiger partial charge in [0.05, 0.1) is 13.5 Å². The molecule has 0 saturated heterocycles. The van der Waals surface area contributed by atoms with Gasteiger partial charge in [0.1, 0.15) is 5.54 Å². The minimum absolute atomic E-state index is 0.0407. The van der Waals surface area contributed by atoms with Crippen LogP contribution in [-0.4, -0.2) is 43.0 Å². The summed E-state index contributed by atoms with van der Waals surface area (Å²) in [7, 11) is 3.35. The van der Waals surface area contributed by atoms with Crippen LogP contribution in [0.25, 0.3) is 0 Å². The average molecular weight is 366 g/mol. The maximum atomic E-state index is 13.2. The molecule has 0 bridgehead atoms. The molecule has 1 aliphatic carbocycles. The van der Waals surface area contributed by atoms with Crippen LogP contribution in [0.2, 0.25) is 0 Å². The van der Waals surface area contributed by atoms with Crippen LogP contribution in [0.4, 0.5) is 0 Å². The van der Waals surface area contributed by atoms with Gasteiger partial charge in [0.2, 0.25) is 5.91 Å². The molecular formula is C22H26N2O3. The van der Waals surface area contributed by atoms with Crippen molar-refractivity contribution in [2.45, 2.75) is 31.3 Å². The second-order valence-electron chi connectivity index (χ2n) is 7.08. The molecule has 1 amide bonds. The number of esters is 1. The third-order valence-corrected chi connectivity index (χ3v) is 5.34. The Labute approximate surface area is 160 Å². The van der Waals surface area contributed by atoms with Gasteiger partial charge in [-0.3, -0.25) is 14.5 Å². The van der Waals surface area contributed by atoms with Crippen molar-refractivity contribution < 1.29 is 14.3 Å². The number of nitrogens with zero attached hydrogens (tertiary/aromatic N) is 1. The Morgan fingerprint density at radius 3 is 2.22 bits per heavy atom. The first-order valence-electron chi connectivity index (χ1n) is 9.22. The molecule has 2 aromatic rings. The summed E-state index contributed by atoms with van der Waals surface area (Å²) in [6.45, 7) is 0.960. The molecule has 0 fully saturated rings. The first-order valence-corrected chi connectivity index (χ1v) is 9.22. The molecule has 0 aliphatic heterocycles. The van der Waals surface area contributed by atoms with Gasteiger partial charge in [0.15, 0.2) is 0 Å². The minimum atomic E-state index is -0.657. The van der Waals surface area contributed by atoms with E-state index in [1.54, 1.807) is 0 Å². The number of carbonyl (C=O) groups is 2. The molecule has 0 heterocycles. The van der Waals surface area contributed by atoms with Crippen molar-refractivity contribution in [3.63, 3.8) is 0 Å². The van der Waals surface area contributed by atoms with Crippen LogP contribution in [0.5, 0.6) is 0 Å². The summed E-state index contributed by atoms with van der Waals surface area (Å²) in [6.07, 6.45) is 1.50. The quantitative estimate of drug-likeness (QED) is 0.764. The van der Waals surface area contributed by atoms with E-state index in [0.717, 1.165) is 5.56 Å². The predicted octanol–water partition coefficient (Wildman–Crippen LogP) is 2.34. The Hall–Kier alpha value is -2.66. The highest BCUT2D eigenvalue weighted by atomic mass is 16.5. The number of likely N-dealkylation sites (N-methyl/N-ethyl adjacent to an activating group) is 1. The van der Waals surface area contributed by atoms with Crippen molar-refractivity contribution in [1.82, 2.24) is 10.2 Å². The number of methoxy groups -OCH3 is 1. The number of carbonyl (C=O) groups excluding carboxylic acids is 2. The summed E-state index contributed by atoms with van der Waals surface area (Å²) < 4.78 is 4.66. The van der Waals surface area contributed by atoms with Gasteiger partial charge in [-0.1, -0.05) is 54.6 Å². The van der Waals surface area contributed by atoms with E-state index in [1.807, 2.05) is 37.4 Å². The molecule has 1 aliphatic rings. The molecule has 5 nitrogen and oxygen atoms in total. The lowest BCUT2D eigenvalue weighted by atomic mass is 9.91. The van der Waals surface area contributed by atoms with E-state index < -0.39 is 5.54 Å². The predicted molar refractivity (Wildman–Crippen MR) is 104 cm³/mol. The van der Waals surface area contributed by atoms with Gasteiger partial charge >= 0.3 is 5.97 Å². The summed E-state index contributed by atoms with van der Waals surface area (Å²) in [5.41, 5.74) is 2.93. The fourth-order valence-electron chi connectivity index (χ4n) is 3.75. The van der Waals surface area contributed by atoms with Gasteiger partial charge in [-0.05, 0) is 23.7 Å².